The summed E-state index contributed by atoms with van der Waals surface area (Å²) in [6.07, 6.45) is 0. The van der Waals surface area contributed by atoms with Gasteiger partial charge in [-0.2, -0.15) is 4.31 Å². The molecule has 0 saturated carbocycles. The number of morpholine rings is 1. The smallest absolute Gasteiger partial charge is 0.272 e. The number of nitrogens with one attached hydrogen (secondary N) is 1. The van der Waals surface area contributed by atoms with Gasteiger partial charge in [-0.1, -0.05) is 0 Å². The Labute approximate surface area is 180 Å². The van der Waals surface area contributed by atoms with E-state index in [0.717, 1.165) is 0 Å². The van der Waals surface area contributed by atoms with E-state index in [4.69, 9.17) is 9.47 Å². The van der Waals surface area contributed by atoms with Crippen molar-refractivity contribution < 1.29 is 27.6 Å². The summed E-state index contributed by atoms with van der Waals surface area (Å²) >= 11 is 0. The Kier molecular flexibility index (Phi) is 6.88. The summed E-state index contributed by atoms with van der Waals surface area (Å²) in [5, 5.41) is 13.6. The number of benzene rings is 2. The van der Waals surface area contributed by atoms with Gasteiger partial charge in [0.2, 0.25) is 10.0 Å². The van der Waals surface area contributed by atoms with Crippen LogP contribution in [0.3, 0.4) is 0 Å². The van der Waals surface area contributed by atoms with E-state index in [0.29, 0.717) is 18.8 Å². The highest BCUT2D eigenvalue weighted by molar-refractivity contribution is 7.89. The molecule has 1 aliphatic rings. The van der Waals surface area contributed by atoms with Crippen molar-refractivity contribution in [2.75, 3.05) is 38.2 Å². The highest BCUT2D eigenvalue weighted by Gasteiger charge is 2.30. The molecule has 0 unspecified atom stereocenters. The monoisotopic (exact) mass is 449 g/mol. The largest absolute Gasteiger partial charge is 0.492 e. The molecule has 1 N–H and O–H groups in total. The van der Waals surface area contributed by atoms with Gasteiger partial charge < -0.3 is 14.8 Å². The third-order valence-electron chi connectivity index (χ3n) is 4.74. The number of carbonyl (C=O) groups excluding carboxylic acids is 1. The van der Waals surface area contributed by atoms with Crippen molar-refractivity contribution in [3.63, 3.8) is 0 Å². The molecule has 31 heavy (non-hydrogen) atoms. The second-order valence-electron chi connectivity index (χ2n) is 6.82. The minimum Gasteiger partial charge on any atom is -0.492 e. The zero-order chi connectivity index (χ0) is 22.6. The van der Waals surface area contributed by atoms with E-state index < -0.39 is 20.9 Å². The van der Waals surface area contributed by atoms with E-state index >= 15 is 0 Å². The summed E-state index contributed by atoms with van der Waals surface area (Å²) in [6.45, 7) is 4.63. The Morgan fingerprint density at radius 1 is 1.23 bits per heavy atom. The number of ether oxygens (including phenoxy) is 2. The molecule has 1 amide bonds. The van der Waals surface area contributed by atoms with Crippen LogP contribution in [0.1, 0.15) is 22.8 Å². The van der Waals surface area contributed by atoms with Crippen molar-refractivity contribution in [2.45, 2.75) is 18.7 Å². The maximum absolute atomic E-state index is 13.2. The summed E-state index contributed by atoms with van der Waals surface area (Å²) in [6, 6.07) is 8.41. The molecule has 0 bridgehead atoms. The van der Waals surface area contributed by atoms with Crippen LogP contribution in [0.2, 0.25) is 0 Å². The first-order valence-corrected chi connectivity index (χ1v) is 11.1. The lowest BCUT2D eigenvalue weighted by Gasteiger charge is -2.27. The summed E-state index contributed by atoms with van der Waals surface area (Å²) in [5.74, 6) is -0.324. The van der Waals surface area contributed by atoms with Gasteiger partial charge in [0.1, 0.15) is 10.6 Å². The molecule has 1 fully saturated rings. The van der Waals surface area contributed by atoms with Crippen molar-refractivity contribution >= 4 is 27.3 Å². The molecule has 0 atom stereocenters. The van der Waals surface area contributed by atoms with Crippen LogP contribution in [0.15, 0.2) is 41.3 Å². The van der Waals surface area contributed by atoms with Gasteiger partial charge in [-0.05, 0) is 44.2 Å². The fourth-order valence-electron chi connectivity index (χ4n) is 3.19. The summed E-state index contributed by atoms with van der Waals surface area (Å²) < 4.78 is 38.3. The van der Waals surface area contributed by atoms with Crippen LogP contribution in [0, 0.1) is 17.0 Å². The molecule has 1 aliphatic heterocycles. The predicted octanol–water partition coefficient (Wildman–Crippen LogP) is 2.58. The fraction of sp³-hybridized carbons (Fsp3) is 0.350. The third-order valence-corrected chi connectivity index (χ3v) is 6.66. The molecule has 0 radical (unpaired) electrons. The highest BCUT2D eigenvalue weighted by atomic mass is 32.2. The molecular weight excluding hydrogens is 426 g/mol. The van der Waals surface area contributed by atoms with E-state index in [9.17, 15) is 23.3 Å². The van der Waals surface area contributed by atoms with E-state index in [1.165, 1.54) is 34.6 Å². The Bertz CT molecular complexity index is 1100. The first kappa shape index (κ1) is 22.7. The predicted molar refractivity (Wildman–Crippen MR) is 113 cm³/mol. The van der Waals surface area contributed by atoms with Gasteiger partial charge in [-0.25, -0.2) is 8.42 Å². The third kappa shape index (κ3) is 5.01. The minimum atomic E-state index is -3.86. The standard InChI is InChI=1S/C20H23N3O7S/c1-3-30-18-7-5-16(13-19(18)31(27,28)22-8-10-29-11-9-22)21-20(24)15-4-6-17(23(25)26)14(2)12-15/h4-7,12-13H,3,8-11H2,1-2H3,(H,21,24). The number of amides is 1. The zero-order valence-electron chi connectivity index (χ0n) is 17.2. The lowest BCUT2D eigenvalue weighted by atomic mass is 10.1. The average Bonchev–Trinajstić information content (AvgIpc) is 2.75. The van der Waals surface area contributed by atoms with E-state index in [1.54, 1.807) is 19.9 Å². The normalized spacial score (nSPS) is 14.8. The number of nitrogens with zero attached hydrogens (tertiary/aromatic N) is 2. The zero-order valence-corrected chi connectivity index (χ0v) is 18.0. The number of nitro benzene ring substituents is 1. The van der Waals surface area contributed by atoms with Gasteiger partial charge in [0.25, 0.3) is 11.6 Å². The second kappa shape index (κ2) is 9.41. The summed E-state index contributed by atoms with van der Waals surface area (Å²) in [7, 11) is -3.86. The van der Waals surface area contributed by atoms with E-state index in [-0.39, 0.29) is 47.3 Å². The topological polar surface area (TPSA) is 128 Å². The van der Waals surface area contributed by atoms with Crippen LogP contribution in [0.5, 0.6) is 5.75 Å². The summed E-state index contributed by atoms with van der Waals surface area (Å²) in [4.78, 5) is 23.0. The molecule has 11 heteroatoms. The van der Waals surface area contributed by atoms with Crippen molar-refractivity contribution in [3.05, 3.63) is 57.6 Å². The van der Waals surface area contributed by atoms with Crippen LogP contribution in [0.4, 0.5) is 11.4 Å². The Morgan fingerprint density at radius 3 is 2.55 bits per heavy atom. The van der Waals surface area contributed by atoms with Crippen LogP contribution in [-0.2, 0) is 14.8 Å². The number of nitro groups is 1. The number of rotatable bonds is 7. The Morgan fingerprint density at radius 2 is 1.94 bits per heavy atom. The summed E-state index contributed by atoms with van der Waals surface area (Å²) in [5.41, 5.74) is 0.738. The van der Waals surface area contributed by atoms with Gasteiger partial charge in [-0.3, -0.25) is 14.9 Å². The van der Waals surface area contributed by atoms with Gasteiger partial charge in [0.05, 0.1) is 24.7 Å². The highest BCUT2D eigenvalue weighted by Crippen LogP contribution is 2.31. The SMILES string of the molecule is CCOc1ccc(NC(=O)c2ccc([N+](=O)[O-])c(C)c2)cc1S(=O)(=O)N1CCOCC1. The molecule has 1 heterocycles. The molecule has 0 aliphatic carbocycles. The van der Waals surface area contributed by atoms with Gasteiger partial charge in [0, 0.05) is 36.0 Å². The van der Waals surface area contributed by atoms with Gasteiger partial charge in [0.15, 0.2) is 0 Å². The molecule has 166 valence electrons. The van der Waals surface area contributed by atoms with E-state index in [1.807, 2.05) is 0 Å². The van der Waals surface area contributed by atoms with Crippen LogP contribution >= 0.6 is 0 Å². The van der Waals surface area contributed by atoms with Crippen molar-refractivity contribution in [2.24, 2.45) is 0 Å². The molecule has 2 aromatic rings. The van der Waals surface area contributed by atoms with Crippen LogP contribution in [0.25, 0.3) is 0 Å². The minimum absolute atomic E-state index is 0.0473. The molecule has 1 saturated heterocycles. The molecule has 2 aromatic carbocycles. The van der Waals surface area contributed by atoms with Crippen LogP contribution < -0.4 is 10.1 Å². The average molecular weight is 449 g/mol. The van der Waals surface area contributed by atoms with Crippen molar-refractivity contribution in [1.29, 1.82) is 0 Å². The number of hydrogen-bond acceptors (Lipinski definition) is 7. The van der Waals surface area contributed by atoms with Gasteiger partial charge in [-0.15, -0.1) is 0 Å². The molecule has 10 nitrogen and oxygen atoms in total. The lowest BCUT2D eigenvalue weighted by Crippen LogP contribution is -2.40. The number of aryl methyl sites for hydroxylation is 1. The van der Waals surface area contributed by atoms with Crippen LogP contribution in [-0.4, -0.2) is 56.5 Å². The maximum atomic E-state index is 13.2. The second-order valence-corrected chi connectivity index (χ2v) is 8.73. The lowest BCUT2D eigenvalue weighted by molar-refractivity contribution is -0.385. The quantitative estimate of drug-likeness (QED) is 0.508. The molecule has 0 spiro atoms. The number of carbonyl (C=O) groups is 1. The Hall–Kier alpha value is -3.02. The molecule has 0 aromatic heterocycles. The van der Waals surface area contributed by atoms with E-state index in [2.05, 4.69) is 5.32 Å². The molecular formula is C20H23N3O7S. The van der Waals surface area contributed by atoms with Crippen molar-refractivity contribution in [3.8, 4) is 5.75 Å². The van der Waals surface area contributed by atoms with Crippen molar-refractivity contribution in [1.82, 2.24) is 4.31 Å². The molecule has 3 rings (SSSR count). The van der Waals surface area contributed by atoms with Gasteiger partial charge >= 0.3 is 0 Å². The maximum Gasteiger partial charge on any atom is 0.272 e. The first-order valence-electron chi connectivity index (χ1n) is 9.65. The Balaban J connectivity index is 1.90. The number of sulfonamides is 1. The fourth-order valence-corrected chi connectivity index (χ4v) is 4.76. The number of anilines is 1. The number of hydrogen-bond donors (Lipinski definition) is 1. The first-order chi connectivity index (χ1) is 14.7.